The number of nitrogens with zero attached hydrogens (tertiary/aromatic N) is 1. The number of hydrogen-bond donors (Lipinski definition) is 1. The first-order chi connectivity index (χ1) is 13.1. The van der Waals surface area contributed by atoms with Gasteiger partial charge < -0.3 is 19.4 Å². The van der Waals surface area contributed by atoms with Gasteiger partial charge in [-0.15, -0.1) is 0 Å². The van der Waals surface area contributed by atoms with Crippen molar-refractivity contribution in [2.24, 2.45) is 5.92 Å². The van der Waals surface area contributed by atoms with Gasteiger partial charge in [-0.3, -0.25) is 9.59 Å². The fourth-order valence-corrected chi connectivity index (χ4v) is 3.89. The predicted molar refractivity (Wildman–Crippen MR) is 99.9 cm³/mol. The molecule has 0 spiro atoms. The number of ketones is 1. The van der Waals surface area contributed by atoms with E-state index >= 15 is 0 Å². The number of Topliss-reactive ketones (excluding diaryl/α,β-unsaturated/α-hetero) is 1. The van der Waals surface area contributed by atoms with Crippen molar-refractivity contribution >= 4 is 11.7 Å². The van der Waals surface area contributed by atoms with Crippen LogP contribution in [0.4, 0.5) is 0 Å². The summed E-state index contributed by atoms with van der Waals surface area (Å²) in [6.07, 6.45) is 2.31. The van der Waals surface area contributed by atoms with Crippen LogP contribution in [0.15, 0.2) is 40.8 Å². The van der Waals surface area contributed by atoms with E-state index in [4.69, 9.17) is 9.15 Å². The average molecular weight is 368 g/mol. The third kappa shape index (κ3) is 4.06. The Kier molecular flexibility index (Phi) is 4.99. The molecule has 4 heterocycles. The zero-order valence-corrected chi connectivity index (χ0v) is 15.4. The van der Waals surface area contributed by atoms with E-state index in [2.05, 4.69) is 10.2 Å². The normalized spacial score (nSPS) is 23.8. The van der Waals surface area contributed by atoms with Crippen molar-refractivity contribution in [3.8, 4) is 5.75 Å². The highest BCUT2D eigenvalue weighted by molar-refractivity contribution is 5.94. The highest BCUT2D eigenvalue weighted by Gasteiger charge is 2.35. The molecule has 142 valence electrons. The average Bonchev–Trinajstić information content (AvgIpc) is 3.17. The highest BCUT2D eigenvalue weighted by atomic mass is 16.5. The molecule has 1 N–H and O–H groups in total. The lowest BCUT2D eigenvalue weighted by Gasteiger charge is -2.44. The number of furan rings is 1. The molecule has 2 aromatic rings. The zero-order chi connectivity index (χ0) is 18.8. The smallest absolute Gasteiger partial charge is 0.287 e. The largest absolute Gasteiger partial charge is 0.486 e. The van der Waals surface area contributed by atoms with Gasteiger partial charge >= 0.3 is 0 Å². The first-order valence-corrected chi connectivity index (χ1v) is 9.44. The summed E-state index contributed by atoms with van der Waals surface area (Å²) in [5.41, 5.74) is 0.645. The summed E-state index contributed by atoms with van der Waals surface area (Å²) in [4.78, 5) is 26.2. The number of amides is 1. The standard InChI is InChI=1S/C21H24N2O4/c1-14(24)15-2-4-17(5-3-15)26-13-18-6-7-20(27-18)21(25)22-19-12-23-10-8-16(19)9-11-23/h2-7,16,19H,8-13H2,1H3,(H,22,25). The summed E-state index contributed by atoms with van der Waals surface area (Å²) in [6.45, 7) is 4.98. The summed E-state index contributed by atoms with van der Waals surface area (Å²) in [5.74, 6) is 1.99. The fraction of sp³-hybridized carbons (Fsp3) is 0.429. The van der Waals surface area contributed by atoms with Crippen LogP contribution in [0.2, 0.25) is 0 Å². The molecule has 3 aliphatic rings. The maximum Gasteiger partial charge on any atom is 0.287 e. The molecule has 0 saturated carbocycles. The lowest BCUT2D eigenvalue weighted by molar-refractivity contribution is 0.0604. The molecule has 1 atom stereocenters. The zero-order valence-electron chi connectivity index (χ0n) is 15.4. The van der Waals surface area contributed by atoms with E-state index < -0.39 is 0 Å². The van der Waals surface area contributed by atoms with Gasteiger partial charge in [0.25, 0.3) is 5.91 Å². The van der Waals surface area contributed by atoms with Crippen molar-refractivity contribution in [3.63, 3.8) is 0 Å². The number of carbonyl (C=O) groups is 2. The second-order valence-corrected chi connectivity index (χ2v) is 7.35. The van der Waals surface area contributed by atoms with Crippen molar-refractivity contribution in [1.29, 1.82) is 0 Å². The van der Waals surface area contributed by atoms with Crippen molar-refractivity contribution in [2.45, 2.75) is 32.4 Å². The van der Waals surface area contributed by atoms with E-state index in [1.54, 1.807) is 36.4 Å². The molecule has 3 saturated heterocycles. The summed E-state index contributed by atoms with van der Waals surface area (Å²) < 4.78 is 11.3. The third-order valence-corrected chi connectivity index (χ3v) is 5.50. The number of ether oxygens (including phenoxy) is 1. The Labute approximate surface area is 158 Å². The minimum absolute atomic E-state index is 0.0197. The van der Waals surface area contributed by atoms with E-state index in [0.717, 1.165) is 32.5 Å². The summed E-state index contributed by atoms with van der Waals surface area (Å²) in [7, 11) is 0. The van der Waals surface area contributed by atoms with Gasteiger partial charge in [-0.05, 0) is 75.2 Å². The van der Waals surface area contributed by atoms with Gasteiger partial charge in [-0.2, -0.15) is 0 Å². The van der Waals surface area contributed by atoms with Gasteiger partial charge in [-0.1, -0.05) is 0 Å². The summed E-state index contributed by atoms with van der Waals surface area (Å²) >= 11 is 0. The van der Waals surface area contributed by atoms with Crippen LogP contribution in [-0.2, 0) is 6.61 Å². The van der Waals surface area contributed by atoms with Crippen LogP contribution in [0.5, 0.6) is 5.75 Å². The van der Waals surface area contributed by atoms with Crippen molar-refractivity contribution in [3.05, 3.63) is 53.5 Å². The number of carbonyl (C=O) groups excluding carboxylic acids is 2. The van der Waals surface area contributed by atoms with Gasteiger partial charge in [0.05, 0.1) is 0 Å². The number of hydrogen-bond acceptors (Lipinski definition) is 5. The second kappa shape index (κ2) is 7.56. The molecule has 5 rings (SSSR count). The Morgan fingerprint density at radius 2 is 1.89 bits per heavy atom. The van der Waals surface area contributed by atoms with Gasteiger partial charge in [0, 0.05) is 18.2 Å². The minimum atomic E-state index is -0.161. The quantitative estimate of drug-likeness (QED) is 0.794. The van der Waals surface area contributed by atoms with Gasteiger partial charge in [-0.25, -0.2) is 0 Å². The third-order valence-electron chi connectivity index (χ3n) is 5.50. The second-order valence-electron chi connectivity index (χ2n) is 7.35. The number of piperidine rings is 3. The summed E-state index contributed by atoms with van der Waals surface area (Å²) in [5, 5.41) is 3.12. The molecular weight excluding hydrogens is 344 g/mol. The van der Waals surface area contributed by atoms with Crippen LogP contribution in [0.25, 0.3) is 0 Å². The van der Waals surface area contributed by atoms with Crippen LogP contribution in [0.1, 0.15) is 46.4 Å². The molecule has 3 aliphatic heterocycles. The summed E-state index contributed by atoms with van der Waals surface area (Å²) in [6, 6.07) is 10.6. The Hall–Kier alpha value is -2.60. The van der Waals surface area contributed by atoms with E-state index in [0.29, 0.717) is 28.8 Å². The highest BCUT2D eigenvalue weighted by Crippen LogP contribution is 2.27. The molecular formula is C21H24N2O4. The molecule has 1 unspecified atom stereocenters. The first-order valence-electron chi connectivity index (χ1n) is 9.44. The Bertz CT molecular complexity index is 819. The van der Waals surface area contributed by atoms with Gasteiger partial charge in [0.2, 0.25) is 0 Å². The maximum absolute atomic E-state index is 12.5. The number of fused-ring (bicyclic) bond motifs is 3. The van der Waals surface area contributed by atoms with E-state index in [9.17, 15) is 9.59 Å². The SMILES string of the molecule is CC(=O)c1ccc(OCc2ccc(C(=O)NC3CN4CCC3CC4)o2)cc1. The maximum atomic E-state index is 12.5. The number of rotatable bonds is 6. The monoisotopic (exact) mass is 368 g/mol. The van der Waals surface area contributed by atoms with E-state index in [1.165, 1.54) is 6.92 Å². The molecule has 0 aliphatic carbocycles. The molecule has 2 bridgehead atoms. The molecule has 6 nitrogen and oxygen atoms in total. The Morgan fingerprint density at radius 3 is 2.52 bits per heavy atom. The van der Waals surface area contributed by atoms with Gasteiger partial charge in [0.15, 0.2) is 11.5 Å². The van der Waals surface area contributed by atoms with Gasteiger partial charge in [0.1, 0.15) is 18.1 Å². The van der Waals surface area contributed by atoms with E-state index in [-0.39, 0.29) is 24.3 Å². The molecule has 27 heavy (non-hydrogen) atoms. The molecule has 0 radical (unpaired) electrons. The van der Waals surface area contributed by atoms with Crippen LogP contribution >= 0.6 is 0 Å². The van der Waals surface area contributed by atoms with Crippen molar-refractivity contribution < 1.29 is 18.7 Å². The molecule has 1 aromatic heterocycles. The van der Waals surface area contributed by atoms with Crippen LogP contribution in [0.3, 0.4) is 0 Å². The van der Waals surface area contributed by atoms with Crippen molar-refractivity contribution in [1.82, 2.24) is 10.2 Å². The van der Waals surface area contributed by atoms with Crippen LogP contribution < -0.4 is 10.1 Å². The lowest BCUT2D eigenvalue weighted by Crippen LogP contribution is -2.57. The van der Waals surface area contributed by atoms with Crippen molar-refractivity contribution in [2.75, 3.05) is 19.6 Å². The molecule has 1 amide bonds. The topological polar surface area (TPSA) is 71.8 Å². The predicted octanol–water partition coefficient (Wildman–Crippen LogP) is 2.89. The molecule has 1 aromatic carbocycles. The lowest BCUT2D eigenvalue weighted by atomic mass is 9.84. The van der Waals surface area contributed by atoms with Crippen LogP contribution in [-0.4, -0.2) is 42.3 Å². The van der Waals surface area contributed by atoms with E-state index in [1.807, 2.05) is 0 Å². The fourth-order valence-electron chi connectivity index (χ4n) is 3.89. The number of benzene rings is 1. The first kappa shape index (κ1) is 17.8. The molecule has 6 heteroatoms. The van der Waals surface area contributed by atoms with Crippen LogP contribution in [0, 0.1) is 5.92 Å². The minimum Gasteiger partial charge on any atom is -0.486 e. The number of nitrogens with one attached hydrogen (secondary N) is 1. The Balaban J connectivity index is 1.31. The molecule has 3 fully saturated rings. The Morgan fingerprint density at radius 1 is 1.15 bits per heavy atom.